The van der Waals surface area contributed by atoms with Crippen molar-refractivity contribution in [2.24, 2.45) is 0 Å². The SMILES string of the molecule is CCC(CS(=O)(=O)Cc1cnc2ccccc2c1)N(C=O)OC(C)(C)C. The third kappa shape index (κ3) is 5.78. The molecule has 0 aliphatic carbocycles. The summed E-state index contributed by atoms with van der Waals surface area (Å²) in [5, 5.41) is 2.02. The Morgan fingerprint density at radius 2 is 1.96 bits per heavy atom. The topological polar surface area (TPSA) is 76.6 Å². The minimum atomic E-state index is -3.45. The summed E-state index contributed by atoms with van der Waals surface area (Å²) in [6.07, 6.45) is 2.61. The molecule has 1 atom stereocenters. The maximum atomic E-state index is 12.7. The molecule has 0 N–H and O–H groups in total. The summed E-state index contributed by atoms with van der Waals surface area (Å²) in [5.74, 6) is -0.283. The van der Waals surface area contributed by atoms with E-state index in [9.17, 15) is 13.2 Å². The molecule has 0 spiro atoms. The van der Waals surface area contributed by atoms with E-state index in [0.717, 1.165) is 16.0 Å². The molecule has 1 amide bonds. The summed E-state index contributed by atoms with van der Waals surface area (Å²) < 4.78 is 25.3. The fourth-order valence-electron chi connectivity index (χ4n) is 2.67. The Labute approximate surface area is 155 Å². The van der Waals surface area contributed by atoms with Gasteiger partial charge < -0.3 is 0 Å². The molecule has 142 valence electrons. The second-order valence-electron chi connectivity index (χ2n) is 7.32. The molecule has 1 unspecified atom stereocenters. The lowest BCUT2D eigenvalue weighted by Gasteiger charge is -2.32. The largest absolute Gasteiger partial charge is 0.276 e. The Morgan fingerprint density at radius 1 is 1.27 bits per heavy atom. The van der Waals surface area contributed by atoms with Gasteiger partial charge in [0.25, 0.3) is 0 Å². The number of para-hydroxylation sites is 1. The quantitative estimate of drug-likeness (QED) is 0.521. The van der Waals surface area contributed by atoms with Crippen molar-refractivity contribution in [2.75, 3.05) is 5.75 Å². The minimum absolute atomic E-state index is 0.121. The van der Waals surface area contributed by atoms with Crippen LogP contribution in [0.5, 0.6) is 0 Å². The van der Waals surface area contributed by atoms with Gasteiger partial charge in [0.15, 0.2) is 9.84 Å². The predicted octanol–water partition coefficient (Wildman–Crippen LogP) is 3.12. The molecule has 0 aliphatic rings. The number of pyridine rings is 1. The van der Waals surface area contributed by atoms with Crippen molar-refractivity contribution in [3.05, 3.63) is 42.1 Å². The third-order valence-corrected chi connectivity index (χ3v) is 5.46. The van der Waals surface area contributed by atoms with E-state index in [1.807, 2.05) is 58.0 Å². The second-order valence-corrected chi connectivity index (χ2v) is 9.43. The lowest BCUT2D eigenvalue weighted by molar-refractivity contribution is -0.229. The van der Waals surface area contributed by atoms with E-state index in [1.165, 1.54) is 0 Å². The highest BCUT2D eigenvalue weighted by atomic mass is 32.2. The van der Waals surface area contributed by atoms with E-state index in [1.54, 1.807) is 6.20 Å². The van der Waals surface area contributed by atoms with Crippen LogP contribution in [0.1, 0.15) is 39.7 Å². The molecule has 1 aromatic heterocycles. The molecular formula is C19H26N2O4S. The molecule has 2 rings (SSSR count). The first kappa shape index (κ1) is 20.3. The van der Waals surface area contributed by atoms with Crippen molar-refractivity contribution >= 4 is 27.2 Å². The van der Waals surface area contributed by atoms with Gasteiger partial charge in [-0.05, 0) is 44.9 Å². The maximum absolute atomic E-state index is 12.7. The number of benzene rings is 1. The highest BCUT2D eigenvalue weighted by Gasteiger charge is 2.27. The summed E-state index contributed by atoms with van der Waals surface area (Å²) in [6.45, 7) is 7.27. The Balaban J connectivity index is 2.15. The molecule has 1 aromatic carbocycles. The number of hydrogen-bond acceptors (Lipinski definition) is 5. The van der Waals surface area contributed by atoms with Crippen molar-refractivity contribution in [3.8, 4) is 0 Å². The van der Waals surface area contributed by atoms with Crippen molar-refractivity contribution in [3.63, 3.8) is 0 Å². The van der Waals surface area contributed by atoms with Crippen LogP contribution in [0.4, 0.5) is 0 Å². The zero-order valence-electron chi connectivity index (χ0n) is 15.7. The normalized spacial score (nSPS) is 13.5. The smallest absolute Gasteiger partial charge is 0.233 e. The van der Waals surface area contributed by atoms with Crippen LogP contribution < -0.4 is 0 Å². The van der Waals surface area contributed by atoms with E-state index in [4.69, 9.17) is 4.84 Å². The molecule has 0 bridgehead atoms. The van der Waals surface area contributed by atoms with E-state index in [-0.39, 0.29) is 11.5 Å². The van der Waals surface area contributed by atoms with Gasteiger partial charge in [-0.15, -0.1) is 0 Å². The van der Waals surface area contributed by atoms with Gasteiger partial charge in [-0.3, -0.25) is 14.6 Å². The third-order valence-electron chi connectivity index (χ3n) is 3.79. The van der Waals surface area contributed by atoms with Crippen molar-refractivity contribution in [1.82, 2.24) is 10.0 Å². The number of carbonyl (C=O) groups is 1. The Bertz CT molecular complexity index is 859. The van der Waals surface area contributed by atoms with Crippen LogP contribution in [-0.4, -0.2) is 42.3 Å². The summed E-state index contributed by atoms with van der Waals surface area (Å²) in [4.78, 5) is 21.3. The van der Waals surface area contributed by atoms with Gasteiger partial charge >= 0.3 is 0 Å². The minimum Gasteiger partial charge on any atom is -0.276 e. The molecule has 0 aliphatic heterocycles. The van der Waals surface area contributed by atoms with Gasteiger partial charge in [0.05, 0.1) is 28.7 Å². The van der Waals surface area contributed by atoms with E-state index >= 15 is 0 Å². The van der Waals surface area contributed by atoms with Crippen molar-refractivity contribution in [2.45, 2.75) is 51.5 Å². The number of nitrogens with zero attached hydrogens (tertiary/aromatic N) is 2. The fraction of sp³-hybridized carbons (Fsp3) is 0.474. The van der Waals surface area contributed by atoms with Gasteiger partial charge in [0, 0.05) is 11.6 Å². The number of sulfone groups is 1. The van der Waals surface area contributed by atoms with Crippen LogP contribution >= 0.6 is 0 Å². The summed E-state index contributed by atoms with van der Waals surface area (Å²) >= 11 is 0. The number of carbonyl (C=O) groups excluding carboxylic acids is 1. The van der Waals surface area contributed by atoms with Crippen molar-refractivity contribution in [1.29, 1.82) is 0 Å². The monoisotopic (exact) mass is 378 g/mol. The number of fused-ring (bicyclic) bond motifs is 1. The predicted molar refractivity (Wildman–Crippen MR) is 102 cm³/mol. The van der Waals surface area contributed by atoms with E-state index < -0.39 is 21.5 Å². The first-order valence-electron chi connectivity index (χ1n) is 8.60. The van der Waals surface area contributed by atoms with Gasteiger partial charge in [0.2, 0.25) is 6.41 Å². The van der Waals surface area contributed by atoms with E-state index in [2.05, 4.69) is 4.98 Å². The molecule has 0 radical (unpaired) electrons. The number of amides is 1. The van der Waals surface area contributed by atoms with Gasteiger partial charge in [-0.1, -0.05) is 25.1 Å². The van der Waals surface area contributed by atoms with Crippen LogP contribution in [0.25, 0.3) is 10.9 Å². The molecule has 0 saturated heterocycles. The Hall–Kier alpha value is -1.99. The first-order valence-corrected chi connectivity index (χ1v) is 10.4. The summed E-state index contributed by atoms with van der Waals surface area (Å²) in [6, 6.07) is 8.86. The highest BCUT2D eigenvalue weighted by molar-refractivity contribution is 7.90. The molecule has 0 fully saturated rings. The van der Waals surface area contributed by atoms with Gasteiger partial charge in [-0.25, -0.2) is 13.5 Å². The molecule has 6 nitrogen and oxygen atoms in total. The zero-order valence-corrected chi connectivity index (χ0v) is 16.5. The fourth-order valence-corrected chi connectivity index (χ4v) is 4.42. The van der Waals surface area contributed by atoms with Crippen LogP contribution in [0.2, 0.25) is 0 Å². The molecule has 1 heterocycles. The molecular weight excluding hydrogens is 352 g/mol. The first-order chi connectivity index (χ1) is 12.1. The molecule has 2 aromatic rings. The maximum Gasteiger partial charge on any atom is 0.233 e. The van der Waals surface area contributed by atoms with Crippen LogP contribution in [0.15, 0.2) is 36.5 Å². The van der Waals surface area contributed by atoms with Crippen LogP contribution in [0, 0.1) is 0 Å². The lowest BCUT2D eigenvalue weighted by atomic mass is 10.2. The van der Waals surface area contributed by atoms with Crippen LogP contribution in [0.3, 0.4) is 0 Å². The number of hydroxylamine groups is 2. The molecule has 0 saturated carbocycles. The zero-order chi connectivity index (χ0) is 19.4. The molecule has 7 heteroatoms. The van der Waals surface area contributed by atoms with E-state index in [0.29, 0.717) is 18.4 Å². The van der Waals surface area contributed by atoms with Gasteiger partial charge in [-0.2, -0.15) is 0 Å². The van der Waals surface area contributed by atoms with Crippen LogP contribution in [-0.2, 0) is 25.2 Å². The second kappa shape index (κ2) is 8.14. The standard InChI is InChI=1S/C19H26N2O4S/c1-5-17(21(14-22)25-19(2,3)4)13-26(23,24)12-15-10-16-8-6-7-9-18(16)20-11-15/h6-11,14,17H,5,12-13H2,1-4H3. The number of aromatic nitrogens is 1. The Morgan fingerprint density at radius 3 is 2.58 bits per heavy atom. The average molecular weight is 378 g/mol. The molecule has 26 heavy (non-hydrogen) atoms. The lowest BCUT2D eigenvalue weighted by Crippen LogP contribution is -2.43. The van der Waals surface area contributed by atoms with Crippen molar-refractivity contribution < 1.29 is 18.0 Å². The average Bonchev–Trinajstić information content (AvgIpc) is 2.56. The highest BCUT2D eigenvalue weighted by Crippen LogP contribution is 2.18. The number of hydrogen-bond donors (Lipinski definition) is 0. The number of rotatable bonds is 8. The summed E-state index contributed by atoms with van der Waals surface area (Å²) in [5.41, 5.74) is 0.874. The summed E-state index contributed by atoms with van der Waals surface area (Å²) in [7, 11) is -3.45. The Kier molecular flexibility index (Phi) is 6.36. The van der Waals surface area contributed by atoms with Gasteiger partial charge in [0.1, 0.15) is 0 Å².